The summed E-state index contributed by atoms with van der Waals surface area (Å²) in [4.78, 5) is 15.4. The SMILES string of the molecule is CC(C)(C)C(=O)Nc1ccc(O)cn1. The Morgan fingerprint density at radius 1 is 1.43 bits per heavy atom. The van der Waals surface area contributed by atoms with Gasteiger partial charge in [0.05, 0.1) is 6.20 Å². The van der Waals surface area contributed by atoms with Gasteiger partial charge in [0.1, 0.15) is 11.6 Å². The van der Waals surface area contributed by atoms with E-state index in [1.165, 1.54) is 12.3 Å². The van der Waals surface area contributed by atoms with E-state index in [-0.39, 0.29) is 11.7 Å². The summed E-state index contributed by atoms with van der Waals surface area (Å²) >= 11 is 0. The third-order valence-electron chi connectivity index (χ3n) is 1.67. The molecule has 0 atom stereocenters. The Morgan fingerprint density at radius 3 is 2.50 bits per heavy atom. The third-order valence-corrected chi connectivity index (χ3v) is 1.67. The number of hydrogen-bond acceptors (Lipinski definition) is 3. The van der Waals surface area contributed by atoms with Crippen LogP contribution in [0.15, 0.2) is 18.3 Å². The minimum Gasteiger partial charge on any atom is -0.506 e. The highest BCUT2D eigenvalue weighted by molar-refractivity contribution is 5.93. The average Bonchev–Trinajstić information content (AvgIpc) is 2.07. The summed E-state index contributed by atoms with van der Waals surface area (Å²) in [6.07, 6.45) is 1.29. The van der Waals surface area contributed by atoms with Crippen molar-refractivity contribution < 1.29 is 9.90 Å². The Balaban J connectivity index is 2.71. The van der Waals surface area contributed by atoms with Gasteiger partial charge in [-0.1, -0.05) is 20.8 Å². The van der Waals surface area contributed by atoms with Crippen LogP contribution in [0.4, 0.5) is 5.82 Å². The molecule has 0 fully saturated rings. The van der Waals surface area contributed by atoms with Crippen molar-refractivity contribution in [1.29, 1.82) is 0 Å². The predicted molar refractivity (Wildman–Crippen MR) is 54.0 cm³/mol. The highest BCUT2D eigenvalue weighted by atomic mass is 16.3. The first-order valence-corrected chi connectivity index (χ1v) is 4.36. The van der Waals surface area contributed by atoms with E-state index in [1.54, 1.807) is 6.07 Å². The van der Waals surface area contributed by atoms with E-state index < -0.39 is 5.41 Å². The second kappa shape index (κ2) is 3.65. The first kappa shape index (κ1) is 10.5. The highest BCUT2D eigenvalue weighted by Crippen LogP contribution is 2.16. The minimum absolute atomic E-state index is 0.0822. The molecule has 1 heterocycles. The van der Waals surface area contributed by atoms with E-state index in [0.717, 1.165) is 0 Å². The molecular weight excluding hydrogens is 180 g/mol. The summed E-state index contributed by atoms with van der Waals surface area (Å²) in [5, 5.41) is 11.6. The van der Waals surface area contributed by atoms with Crippen LogP contribution in [0.5, 0.6) is 5.75 Å². The first-order chi connectivity index (χ1) is 6.39. The Morgan fingerprint density at radius 2 is 2.07 bits per heavy atom. The number of anilines is 1. The average molecular weight is 194 g/mol. The van der Waals surface area contributed by atoms with Gasteiger partial charge < -0.3 is 10.4 Å². The Kier molecular flexibility index (Phi) is 2.74. The van der Waals surface area contributed by atoms with Crippen molar-refractivity contribution in [3.05, 3.63) is 18.3 Å². The standard InChI is InChI=1S/C10H14N2O2/c1-10(2,3)9(14)12-8-5-4-7(13)6-11-8/h4-6,13H,1-3H3,(H,11,12,14). The molecule has 0 spiro atoms. The lowest BCUT2D eigenvalue weighted by atomic mass is 9.96. The molecular formula is C10H14N2O2. The first-order valence-electron chi connectivity index (χ1n) is 4.36. The van der Waals surface area contributed by atoms with Gasteiger partial charge >= 0.3 is 0 Å². The van der Waals surface area contributed by atoms with Crippen LogP contribution < -0.4 is 5.32 Å². The number of aromatic hydroxyl groups is 1. The van der Waals surface area contributed by atoms with Crippen molar-refractivity contribution in [3.8, 4) is 5.75 Å². The lowest BCUT2D eigenvalue weighted by Crippen LogP contribution is -2.27. The summed E-state index contributed by atoms with van der Waals surface area (Å²) in [7, 11) is 0. The van der Waals surface area contributed by atoms with Gasteiger partial charge in [0.25, 0.3) is 0 Å². The number of amides is 1. The monoisotopic (exact) mass is 194 g/mol. The molecule has 4 heteroatoms. The maximum Gasteiger partial charge on any atom is 0.230 e. The molecule has 0 bridgehead atoms. The fourth-order valence-corrected chi connectivity index (χ4v) is 0.764. The van der Waals surface area contributed by atoms with Crippen LogP contribution in [0.3, 0.4) is 0 Å². The summed E-state index contributed by atoms with van der Waals surface area (Å²) in [5.74, 6) is 0.428. The summed E-state index contributed by atoms with van der Waals surface area (Å²) in [6, 6.07) is 3.03. The third kappa shape index (κ3) is 2.73. The van der Waals surface area contributed by atoms with Crippen molar-refractivity contribution in [1.82, 2.24) is 4.98 Å². The van der Waals surface area contributed by atoms with Crippen LogP contribution in [0.1, 0.15) is 20.8 Å². The molecule has 4 nitrogen and oxygen atoms in total. The van der Waals surface area contributed by atoms with Crippen molar-refractivity contribution >= 4 is 11.7 Å². The summed E-state index contributed by atoms with van der Waals surface area (Å²) < 4.78 is 0. The molecule has 76 valence electrons. The molecule has 1 aromatic rings. The molecule has 2 N–H and O–H groups in total. The zero-order valence-corrected chi connectivity index (χ0v) is 8.53. The molecule has 0 aliphatic heterocycles. The predicted octanol–water partition coefficient (Wildman–Crippen LogP) is 1.77. The lowest BCUT2D eigenvalue weighted by molar-refractivity contribution is -0.123. The number of rotatable bonds is 1. The summed E-state index contributed by atoms with van der Waals surface area (Å²) in [5.41, 5.74) is -0.445. The maximum atomic E-state index is 11.5. The van der Waals surface area contributed by atoms with Crippen molar-refractivity contribution in [2.24, 2.45) is 5.41 Å². The van der Waals surface area contributed by atoms with Crippen LogP contribution in [-0.2, 0) is 4.79 Å². The van der Waals surface area contributed by atoms with Gasteiger partial charge in [0.15, 0.2) is 0 Å². The topological polar surface area (TPSA) is 62.2 Å². The molecule has 0 saturated heterocycles. The van der Waals surface area contributed by atoms with Crippen LogP contribution in [0.2, 0.25) is 0 Å². The maximum absolute atomic E-state index is 11.5. The number of nitrogens with zero attached hydrogens (tertiary/aromatic N) is 1. The highest BCUT2D eigenvalue weighted by Gasteiger charge is 2.21. The van der Waals surface area contributed by atoms with Gasteiger partial charge in [0.2, 0.25) is 5.91 Å². The molecule has 0 aromatic carbocycles. The second-order valence-corrected chi connectivity index (χ2v) is 4.11. The van der Waals surface area contributed by atoms with Crippen molar-refractivity contribution in [2.45, 2.75) is 20.8 Å². The van der Waals surface area contributed by atoms with Gasteiger partial charge in [0, 0.05) is 5.41 Å². The zero-order valence-electron chi connectivity index (χ0n) is 8.53. The lowest BCUT2D eigenvalue weighted by Gasteiger charge is -2.16. The second-order valence-electron chi connectivity index (χ2n) is 4.11. The molecule has 1 amide bonds. The van der Waals surface area contributed by atoms with E-state index in [9.17, 15) is 4.79 Å². The van der Waals surface area contributed by atoms with Crippen LogP contribution >= 0.6 is 0 Å². The molecule has 14 heavy (non-hydrogen) atoms. The minimum atomic E-state index is -0.445. The van der Waals surface area contributed by atoms with Crippen LogP contribution in [0.25, 0.3) is 0 Å². The van der Waals surface area contributed by atoms with Gasteiger partial charge in [-0.2, -0.15) is 0 Å². The van der Waals surface area contributed by atoms with Crippen molar-refractivity contribution in [2.75, 3.05) is 5.32 Å². The number of aromatic nitrogens is 1. The van der Waals surface area contributed by atoms with Gasteiger partial charge in [-0.3, -0.25) is 4.79 Å². The van der Waals surface area contributed by atoms with Crippen molar-refractivity contribution in [3.63, 3.8) is 0 Å². The number of hydrogen-bond donors (Lipinski definition) is 2. The van der Waals surface area contributed by atoms with Gasteiger partial charge in [-0.25, -0.2) is 4.98 Å². The van der Waals surface area contributed by atoms with Crippen LogP contribution in [0, 0.1) is 5.41 Å². The smallest absolute Gasteiger partial charge is 0.230 e. The van der Waals surface area contributed by atoms with Gasteiger partial charge in [-0.05, 0) is 12.1 Å². The molecule has 0 radical (unpaired) electrons. The fourth-order valence-electron chi connectivity index (χ4n) is 0.764. The van der Waals surface area contributed by atoms with Crippen LogP contribution in [-0.4, -0.2) is 16.0 Å². The molecule has 1 rings (SSSR count). The van der Waals surface area contributed by atoms with E-state index in [4.69, 9.17) is 5.11 Å². The Bertz CT molecular complexity index is 325. The van der Waals surface area contributed by atoms with E-state index >= 15 is 0 Å². The van der Waals surface area contributed by atoms with E-state index in [1.807, 2.05) is 20.8 Å². The molecule has 0 unspecified atom stereocenters. The molecule has 1 aromatic heterocycles. The van der Waals surface area contributed by atoms with E-state index in [0.29, 0.717) is 5.82 Å². The summed E-state index contributed by atoms with van der Waals surface area (Å²) in [6.45, 7) is 5.47. The van der Waals surface area contributed by atoms with Gasteiger partial charge in [-0.15, -0.1) is 0 Å². The number of carbonyl (C=O) groups is 1. The molecule has 0 saturated carbocycles. The Hall–Kier alpha value is -1.58. The van der Waals surface area contributed by atoms with E-state index in [2.05, 4.69) is 10.3 Å². The normalized spacial score (nSPS) is 11.1. The largest absolute Gasteiger partial charge is 0.506 e. The fraction of sp³-hybridized carbons (Fsp3) is 0.400. The zero-order chi connectivity index (χ0) is 10.8. The number of nitrogens with one attached hydrogen (secondary N) is 1. The number of pyridine rings is 1. The number of carbonyl (C=O) groups excluding carboxylic acids is 1. The molecule has 0 aliphatic carbocycles. The Labute approximate surface area is 83.0 Å². The quantitative estimate of drug-likeness (QED) is 0.716. The molecule has 0 aliphatic rings.